The second-order valence-electron chi connectivity index (χ2n) is 4.79. The van der Waals surface area contributed by atoms with E-state index in [1.807, 2.05) is 19.1 Å². The molecule has 0 amide bonds. The maximum absolute atomic E-state index is 12.2. The molecule has 0 heterocycles. The molecule has 1 saturated carbocycles. The topological polar surface area (TPSA) is 67.2 Å². The Kier molecular flexibility index (Phi) is 3.66. The monoisotopic (exact) mass is 257 g/mol. The van der Waals surface area contributed by atoms with E-state index in [1.165, 1.54) is 0 Å². The van der Waals surface area contributed by atoms with E-state index < -0.39 is 11.8 Å². The Labute approximate surface area is 112 Å². The Morgan fingerprint density at radius 1 is 1.42 bits per heavy atom. The molecule has 0 saturated heterocycles. The molecule has 0 aromatic heterocycles. The summed E-state index contributed by atoms with van der Waals surface area (Å²) in [7, 11) is 1.57. The van der Waals surface area contributed by atoms with Gasteiger partial charge in [0.05, 0.1) is 13.2 Å². The van der Waals surface area contributed by atoms with Gasteiger partial charge in [0.15, 0.2) is 5.78 Å². The first-order valence-corrected chi connectivity index (χ1v) is 6.16. The standard InChI is InChI=1S/C15H15NO3/c1-9-7-11(19-2)3-4-12(9)14-13(17)8-10(5-6-16)15(14)18/h3-4,7,10,14H,5,8H2,1-2H3. The minimum atomic E-state index is -0.704. The molecule has 98 valence electrons. The number of hydrogen-bond acceptors (Lipinski definition) is 4. The molecule has 0 N–H and O–H groups in total. The molecule has 4 nitrogen and oxygen atoms in total. The summed E-state index contributed by atoms with van der Waals surface area (Å²) >= 11 is 0. The van der Waals surface area contributed by atoms with Crippen LogP contribution in [0.1, 0.15) is 29.9 Å². The number of benzene rings is 1. The number of ketones is 2. The second-order valence-corrected chi connectivity index (χ2v) is 4.79. The number of rotatable bonds is 3. The fraction of sp³-hybridized carbons (Fsp3) is 0.400. The van der Waals surface area contributed by atoms with Gasteiger partial charge in [-0.15, -0.1) is 0 Å². The summed E-state index contributed by atoms with van der Waals surface area (Å²) < 4.78 is 5.11. The number of aryl methyl sites for hydroxylation is 1. The summed E-state index contributed by atoms with van der Waals surface area (Å²) in [5.74, 6) is -0.653. The van der Waals surface area contributed by atoms with Crippen LogP contribution in [0.5, 0.6) is 5.75 Å². The number of Topliss-reactive ketones (excluding diaryl/α,β-unsaturated/α-hetero) is 2. The molecule has 1 aromatic rings. The van der Waals surface area contributed by atoms with Gasteiger partial charge in [-0.05, 0) is 30.2 Å². The van der Waals surface area contributed by atoms with E-state index in [-0.39, 0.29) is 24.4 Å². The average molecular weight is 257 g/mol. The van der Waals surface area contributed by atoms with Crippen molar-refractivity contribution in [3.8, 4) is 11.8 Å². The van der Waals surface area contributed by atoms with Crippen LogP contribution < -0.4 is 4.74 Å². The predicted octanol–water partition coefficient (Wildman–Crippen LogP) is 2.16. The van der Waals surface area contributed by atoms with Gasteiger partial charge in [-0.2, -0.15) is 5.26 Å². The molecule has 0 spiro atoms. The van der Waals surface area contributed by atoms with Crippen molar-refractivity contribution < 1.29 is 14.3 Å². The Bertz CT molecular complexity index is 571. The molecule has 2 rings (SSSR count). The van der Waals surface area contributed by atoms with E-state index in [0.717, 1.165) is 11.1 Å². The van der Waals surface area contributed by atoms with E-state index >= 15 is 0 Å². The van der Waals surface area contributed by atoms with Crippen molar-refractivity contribution in [3.05, 3.63) is 29.3 Å². The van der Waals surface area contributed by atoms with E-state index in [0.29, 0.717) is 5.75 Å². The highest BCUT2D eigenvalue weighted by Gasteiger charge is 2.42. The third-order valence-electron chi connectivity index (χ3n) is 3.58. The zero-order valence-electron chi connectivity index (χ0n) is 11.0. The van der Waals surface area contributed by atoms with Gasteiger partial charge in [-0.1, -0.05) is 6.07 Å². The maximum Gasteiger partial charge on any atom is 0.152 e. The van der Waals surface area contributed by atoms with Crippen LogP contribution in [0.2, 0.25) is 0 Å². The molecule has 1 aliphatic rings. The minimum absolute atomic E-state index is 0.0847. The lowest BCUT2D eigenvalue weighted by Gasteiger charge is -2.12. The third kappa shape index (κ3) is 2.37. The maximum atomic E-state index is 12.2. The molecule has 19 heavy (non-hydrogen) atoms. The fourth-order valence-corrected chi connectivity index (χ4v) is 2.56. The first-order chi connectivity index (χ1) is 9.08. The molecule has 0 bridgehead atoms. The lowest BCUT2D eigenvalue weighted by atomic mass is 9.90. The van der Waals surface area contributed by atoms with E-state index in [4.69, 9.17) is 10.00 Å². The molecule has 2 atom stereocenters. The van der Waals surface area contributed by atoms with Crippen molar-refractivity contribution in [1.29, 1.82) is 5.26 Å². The van der Waals surface area contributed by atoms with Gasteiger partial charge < -0.3 is 4.74 Å². The number of carbonyl (C=O) groups excluding carboxylic acids is 2. The summed E-state index contributed by atoms with van der Waals surface area (Å²) in [6.07, 6.45) is 0.304. The summed E-state index contributed by atoms with van der Waals surface area (Å²) in [5.41, 5.74) is 1.60. The van der Waals surface area contributed by atoms with Crippen LogP contribution in [0.4, 0.5) is 0 Å². The van der Waals surface area contributed by atoms with Crippen molar-refractivity contribution >= 4 is 11.6 Å². The number of hydrogen-bond donors (Lipinski definition) is 0. The second kappa shape index (κ2) is 5.23. The van der Waals surface area contributed by atoms with Gasteiger partial charge in [0.2, 0.25) is 0 Å². The van der Waals surface area contributed by atoms with Crippen LogP contribution in [0.25, 0.3) is 0 Å². The molecule has 1 aromatic carbocycles. The van der Waals surface area contributed by atoms with E-state index in [9.17, 15) is 9.59 Å². The first kappa shape index (κ1) is 13.3. The Morgan fingerprint density at radius 3 is 2.74 bits per heavy atom. The molecule has 1 fully saturated rings. The van der Waals surface area contributed by atoms with Crippen molar-refractivity contribution in [1.82, 2.24) is 0 Å². The summed E-state index contributed by atoms with van der Waals surface area (Å²) in [4.78, 5) is 24.2. The number of nitriles is 1. The normalized spacial score (nSPS) is 22.4. The number of carbonyl (C=O) groups is 2. The van der Waals surface area contributed by atoms with Gasteiger partial charge in [0, 0.05) is 18.8 Å². The quantitative estimate of drug-likeness (QED) is 0.778. The van der Waals surface area contributed by atoms with Crippen LogP contribution in [0, 0.1) is 24.2 Å². The Hall–Kier alpha value is -2.15. The zero-order chi connectivity index (χ0) is 14.0. The lowest BCUT2D eigenvalue weighted by Crippen LogP contribution is -2.16. The van der Waals surface area contributed by atoms with Gasteiger partial charge in [-0.25, -0.2) is 0 Å². The number of ether oxygens (including phenoxy) is 1. The minimum Gasteiger partial charge on any atom is -0.497 e. The first-order valence-electron chi connectivity index (χ1n) is 6.16. The van der Waals surface area contributed by atoms with Crippen LogP contribution in [-0.4, -0.2) is 18.7 Å². The third-order valence-corrected chi connectivity index (χ3v) is 3.58. The fourth-order valence-electron chi connectivity index (χ4n) is 2.56. The van der Waals surface area contributed by atoms with Crippen LogP contribution in [0.15, 0.2) is 18.2 Å². The molecule has 1 aliphatic carbocycles. The zero-order valence-corrected chi connectivity index (χ0v) is 11.0. The van der Waals surface area contributed by atoms with Gasteiger partial charge in [-0.3, -0.25) is 9.59 Å². The molecular formula is C15H15NO3. The number of methoxy groups -OCH3 is 1. The Balaban J connectivity index is 2.34. The molecule has 0 radical (unpaired) electrons. The highest BCUT2D eigenvalue weighted by Crippen LogP contribution is 2.36. The van der Waals surface area contributed by atoms with E-state index in [2.05, 4.69) is 0 Å². The van der Waals surface area contributed by atoms with Crippen LogP contribution in [0.3, 0.4) is 0 Å². The molecular weight excluding hydrogens is 242 g/mol. The number of nitrogens with zero attached hydrogens (tertiary/aromatic N) is 1. The van der Waals surface area contributed by atoms with Crippen molar-refractivity contribution in [2.45, 2.75) is 25.7 Å². The van der Waals surface area contributed by atoms with Crippen LogP contribution >= 0.6 is 0 Å². The average Bonchev–Trinajstić information content (AvgIpc) is 2.66. The summed E-state index contributed by atoms with van der Waals surface area (Å²) in [6, 6.07) is 7.30. The van der Waals surface area contributed by atoms with Crippen LogP contribution in [-0.2, 0) is 9.59 Å². The highest BCUT2D eigenvalue weighted by atomic mass is 16.5. The van der Waals surface area contributed by atoms with Gasteiger partial charge in [0.25, 0.3) is 0 Å². The summed E-state index contributed by atoms with van der Waals surface area (Å²) in [5, 5.41) is 8.68. The molecule has 4 heteroatoms. The smallest absolute Gasteiger partial charge is 0.152 e. The Morgan fingerprint density at radius 2 is 2.16 bits per heavy atom. The SMILES string of the molecule is COc1ccc(C2C(=O)CC(CC#N)C2=O)c(C)c1. The van der Waals surface area contributed by atoms with Gasteiger partial charge in [0.1, 0.15) is 17.5 Å². The van der Waals surface area contributed by atoms with Crippen molar-refractivity contribution in [2.75, 3.05) is 7.11 Å². The molecule has 2 unspecified atom stereocenters. The van der Waals surface area contributed by atoms with E-state index in [1.54, 1.807) is 19.2 Å². The van der Waals surface area contributed by atoms with Crippen molar-refractivity contribution in [2.24, 2.45) is 5.92 Å². The van der Waals surface area contributed by atoms with Gasteiger partial charge >= 0.3 is 0 Å². The lowest BCUT2D eigenvalue weighted by molar-refractivity contribution is -0.124. The molecule has 0 aliphatic heterocycles. The summed E-state index contributed by atoms with van der Waals surface area (Å²) in [6.45, 7) is 1.86. The largest absolute Gasteiger partial charge is 0.497 e. The van der Waals surface area contributed by atoms with Crippen molar-refractivity contribution in [3.63, 3.8) is 0 Å². The highest BCUT2D eigenvalue weighted by molar-refractivity contribution is 6.14. The predicted molar refractivity (Wildman–Crippen MR) is 68.8 cm³/mol.